The van der Waals surface area contributed by atoms with Crippen molar-refractivity contribution in [3.63, 3.8) is 0 Å². The third-order valence-electron chi connectivity index (χ3n) is 3.99. The smallest absolute Gasteiger partial charge is 0.181 e. The van der Waals surface area contributed by atoms with Crippen LogP contribution < -0.4 is 4.74 Å². The van der Waals surface area contributed by atoms with Crippen LogP contribution in [-0.4, -0.2) is 17.3 Å². The van der Waals surface area contributed by atoms with Crippen molar-refractivity contribution in [2.24, 2.45) is 0 Å². The Hall–Kier alpha value is -3.14. The van der Waals surface area contributed by atoms with Crippen LogP contribution in [0.15, 0.2) is 59.0 Å². The predicted octanol–water partition coefficient (Wildman–Crippen LogP) is 4.67. The maximum absolute atomic E-state index is 10.7. The number of benzene rings is 3. The van der Waals surface area contributed by atoms with E-state index in [0.29, 0.717) is 22.5 Å². The highest BCUT2D eigenvalue weighted by Crippen LogP contribution is 2.45. The molecule has 1 heterocycles. The van der Waals surface area contributed by atoms with Crippen molar-refractivity contribution in [1.82, 2.24) is 0 Å². The second-order valence-corrected chi connectivity index (χ2v) is 5.32. The zero-order chi connectivity index (χ0) is 16.0. The third kappa shape index (κ3) is 1.99. The van der Waals surface area contributed by atoms with Gasteiger partial charge in [-0.3, -0.25) is 0 Å². The quantitative estimate of drug-likeness (QED) is 0.565. The molecule has 0 atom stereocenters. The van der Waals surface area contributed by atoms with Gasteiger partial charge in [-0.25, -0.2) is 0 Å². The van der Waals surface area contributed by atoms with E-state index in [1.165, 1.54) is 0 Å². The molecule has 0 aliphatic carbocycles. The molecule has 4 heteroatoms. The molecule has 0 saturated carbocycles. The Morgan fingerprint density at radius 3 is 2.43 bits per heavy atom. The molecule has 0 spiro atoms. The van der Waals surface area contributed by atoms with Crippen molar-refractivity contribution >= 4 is 21.9 Å². The zero-order valence-electron chi connectivity index (χ0n) is 12.4. The highest BCUT2D eigenvalue weighted by molar-refractivity contribution is 6.12. The molecular weight excluding hydrogens is 292 g/mol. The predicted molar refractivity (Wildman–Crippen MR) is 89.0 cm³/mol. The molecule has 0 radical (unpaired) electrons. The molecule has 0 saturated heterocycles. The number of phenols is 2. The van der Waals surface area contributed by atoms with Crippen LogP contribution in [0.25, 0.3) is 33.1 Å². The fourth-order valence-electron chi connectivity index (χ4n) is 2.87. The van der Waals surface area contributed by atoms with Gasteiger partial charge in [-0.1, -0.05) is 30.3 Å². The van der Waals surface area contributed by atoms with Crippen LogP contribution >= 0.6 is 0 Å². The average Bonchev–Trinajstić information content (AvgIpc) is 2.97. The number of hydrogen-bond donors (Lipinski definition) is 2. The fraction of sp³-hybridized carbons (Fsp3) is 0.0526. The van der Waals surface area contributed by atoms with Crippen molar-refractivity contribution in [2.75, 3.05) is 7.11 Å². The highest BCUT2D eigenvalue weighted by atomic mass is 16.5. The molecule has 0 bridgehead atoms. The highest BCUT2D eigenvalue weighted by Gasteiger charge is 2.19. The van der Waals surface area contributed by atoms with E-state index in [4.69, 9.17) is 9.15 Å². The van der Waals surface area contributed by atoms with E-state index in [0.717, 1.165) is 16.3 Å². The standard InChI is InChI=1S/C19H14O4/c1-22-16-10-14(11-6-8-12(20)9-7-11)18(21)19-17(16)13-4-2-3-5-15(13)23-19/h2-10,20-21H,1H3. The van der Waals surface area contributed by atoms with Gasteiger partial charge in [-0.2, -0.15) is 0 Å². The minimum Gasteiger partial charge on any atom is -0.508 e. The number of ether oxygens (including phenoxy) is 1. The summed E-state index contributed by atoms with van der Waals surface area (Å²) in [5.41, 5.74) is 2.45. The van der Waals surface area contributed by atoms with Gasteiger partial charge in [0.1, 0.15) is 17.1 Å². The van der Waals surface area contributed by atoms with Gasteiger partial charge in [0.15, 0.2) is 11.3 Å². The van der Waals surface area contributed by atoms with Crippen LogP contribution in [0.5, 0.6) is 17.2 Å². The molecule has 4 rings (SSSR count). The first-order valence-electron chi connectivity index (χ1n) is 7.19. The summed E-state index contributed by atoms with van der Waals surface area (Å²) in [5.74, 6) is 0.860. The molecule has 23 heavy (non-hydrogen) atoms. The summed E-state index contributed by atoms with van der Waals surface area (Å²) < 4.78 is 11.3. The lowest BCUT2D eigenvalue weighted by molar-refractivity contribution is 0.418. The molecular formula is C19H14O4. The monoisotopic (exact) mass is 306 g/mol. The Kier molecular flexibility index (Phi) is 2.91. The summed E-state index contributed by atoms with van der Waals surface area (Å²) in [7, 11) is 1.59. The SMILES string of the molecule is COc1cc(-c2ccc(O)cc2)c(O)c2oc3ccccc3c12. The van der Waals surface area contributed by atoms with E-state index in [-0.39, 0.29) is 11.5 Å². The third-order valence-corrected chi connectivity index (χ3v) is 3.99. The topological polar surface area (TPSA) is 62.8 Å². The van der Waals surface area contributed by atoms with E-state index in [1.807, 2.05) is 24.3 Å². The Labute approximate surface area is 132 Å². The average molecular weight is 306 g/mol. The molecule has 4 nitrogen and oxygen atoms in total. The maximum atomic E-state index is 10.7. The minimum absolute atomic E-state index is 0.0580. The Balaban J connectivity index is 2.09. The molecule has 4 aromatic rings. The van der Waals surface area contributed by atoms with Crippen LogP contribution in [0.3, 0.4) is 0 Å². The molecule has 114 valence electrons. The molecule has 0 fully saturated rings. The molecule has 2 N–H and O–H groups in total. The minimum atomic E-state index is 0.0580. The summed E-state index contributed by atoms with van der Waals surface area (Å²) in [6.07, 6.45) is 0. The summed E-state index contributed by atoms with van der Waals surface area (Å²) in [4.78, 5) is 0. The number of furan rings is 1. The molecule has 0 amide bonds. The Morgan fingerprint density at radius 1 is 0.957 bits per heavy atom. The van der Waals surface area contributed by atoms with Gasteiger partial charge < -0.3 is 19.4 Å². The van der Waals surface area contributed by atoms with Gasteiger partial charge in [0.25, 0.3) is 0 Å². The number of phenolic OH excluding ortho intramolecular Hbond substituents is 2. The van der Waals surface area contributed by atoms with Crippen LogP contribution in [0, 0.1) is 0 Å². The summed E-state index contributed by atoms with van der Waals surface area (Å²) >= 11 is 0. The molecule has 0 aliphatic heterocycles. The lowest BCUT2D eigenvalue weighted by atomic mass is 10.0. The van der Waals surface area contributed by atoms with E-state index in [1.54, 1.807) is 37.4 Å². The van der Waals surface area contributed by atoms with E-state index < -0.39 is 0 Å². The maximum Gasteiger partial charge on any atom is 0.181 e. The summed E-state index contributed by atoms with van der Waals surface area (Å²) in [6, 6.07) is 16.0. The first-order chi connectivity index (χ1) is 11.2. The molecule has 3 aromatic carbocycles. The van der Waals surface area contributed by atoms with Crippen molar-refractivity contribution < 1.29 is 19.4 Å². The van der Waals surface area contributed by atoms with Crippen molar-refractivity contribution in [2.45, 2.75) is 0 Å². The first-order valence-corrected chi connectivity index (χ1v) is 7.19. The van der Waals surface area contributed by atoms with E-state index in [2.05, 4.69) is 0 Å². The lowest BCUT2D eigenvalue weighted by Gasteiger charge is -2.09. The second kappa shape index (κ2) is 4.95. The van der Waals surface area contributed by atoms with Crippen LogP contribution in [0.1, 0.15) is 0 Å². The molecule has 0 unspecified atom stereocenters. The van der Waals surface area contributed by atoms with E-state index in [9.17, 15) is 10.2 Å². The summed E-state index contributed by atoms with van der Waals surface area (Å²) in [5, 5.41) is 21.8. The Morgan fingerprint density at radius 2 is 1.70 bits per heavy atom. The lowest BCUT2D eigenvalue weighted by Crippen LogP contribution is -1.87. The fourth-order valence-corrected chi connectivity index (χ4v) is 2.87. The largest absolute Gasteiger partial charge is 0.508 e. The van der Waals surface area contributed by atoms with Gasteiger partial charge >= 0.3 is 0 Å². The Bertz CT molecular complexity index is 1010. The van der Waals surface area contributed by atoms with Gasteiger partial charge in [0.2, 0.25) is 0 Å². The number of para-hydroxylation sites is 1. The van der Waals surface area contributed by atoms with Crippen molar-refractivity contribution in [3.05, 3.63) is 54.6 Å². The zero-order valence-corrected chi connectivity index (χ0v) is 12.4. The number of methoxy groups -OCH3 is 1. The number of fused-ring (bicyclic) bond motifs is 3. The van der Waals surface area contributed by atoms with Crippen molar-refractivity contribution in [3.8, 4) is 28.4 Å². The van der Waals surface area contributed by atoms with Crippen LogP contribution in [-0.2, 0) is 0 Å². The number of hydrogen-bond acceptors (Lipinski definition) is 4. The second-order valence-electron chi connectivity index (χ2n) is 5.32. The number of aromatic hydroxyl groups is 2. The molecule has 0 aliphatic rings. The summed E-state index contributed by atoms with van der Waals surface area (Å²) in [6.45, 7) is 0. The van der Waals surface area contributed by atoms with Crippen LogP contribution in [0.4, 0.5) is 0 Å². The number of rotatable bonds is 2. The van der Waals surface area contributed by atoms with Crippen molar-refractivity contribution in [1.29, 1.82) is 0 Å². The first kappa shape index (κ1) is 13.5. The van der Waals surface area contributed by atoms with Gasteiger partial charge in [0.05, 0.1) is 12.5 Å². The van der Waals surface area contributed by atoms with Gasteiger partial charge in [-0.15, -0.1) is 0 Å². The van der Waals surface area contributed by atoms with Gasteiger partial charge in [-0.05, 0) is 29.8 Å². The van der Waals surface area contributed by atoms with E-state index >= 15 is 0 Å². The molecule has 1 aromatic heterocycles. The van der Waals surface area contributed by atoms with Crippen LogP contribution in [0.2, 0.25) is 0 Å². The normalized spacial score (nSPS) is 11.2. The van der Waals surface area contributed by atoms with Gasteiger partial charge in [0, 0.05) is 10.9 Å².